The molecule has 3 aromatic rings. The van der Waals surface area contributed by atoms with Crippen LogP contribution in [0.3, 0.4) is 0 Å². The Kier molecular flexibility index (Phi) is 5.53. The molecule has 0 aliphatic carbocycles. The summed E-state index contributed by atoms with van der Waals surface area (Å²) in [4.78, 5) is 14.9. The van der Waals surface area contributed by atoms with Crippen molar-refractivity contribution in [2.75, 3.05) is 13.1 Å². The fourth-order valence-corrected chi connectivity index (χ4v) is 3.58. The summed E-state index contributed by atoms with van der Waals surface area (Å²) in [5.41, 5.74) is 1.53. The lowest BCUT2D eigenvalue weighted by atomic mass is 9.97. The number of halogens is 1. The highest BCUT2D eigenvalue weighted by atomic mass is 19.1. The van der Waals surface area contributed by atoms with Gasteiger partial charge < -0.3 is 9.73 Å². The molecule has 0 spiro atoms. The quantitative estimate of drug-likeness (QED) is 0.711. The average Bonchev–Trinajstić information content (AvgIpc) is 3.38. The second-order valence-corrected chi connectivity index (χ2v) is 7.14. The summed E-state index contributed by atoms with van der Waals surface area (Å²) in [5, 5.41) is 7.26. The van der Waals surface area contributed by atoms with Gasteiger partial charge in [-0.2, -0.15) is 5.10 Å². The summed E-state index contributed by atoms with van der Waals surface area (Å²) in [7, 11) is 0. The van der Waals surface area contributed by atoms with E-state index in [2.05, 4.69) is 15.3 Å². The Balaban J connectivity index is 1.30. The molecule has 0 radical (unpaired) electrons. The third-order valence-corrected chi connectivity index (χ3v) is 5.01. The average molecular weight is 382 g/mol. The lowest BCUT2D eigenvalue weighted by Crippen LogP contribution is -2.42. The Bertz CT molecular complexity index is 922. The lowest BCUT2D eigenvalue weighted by molar-refractivity contribution is -0.127. The van der Waals surface area contributed by atoms with E-state index in [0.29, 0.717) is 12.2 Å². The number of carbonyl (C=O) groups is 1. The first-order chi connectivity index (χ1) is 13.7. The Morgan fingerprint density at radius 2 is 2.25 bits per heavy atom. The smallest absolute Gasteiger partial charge is 0.224 e. The number of nitrogens with zero attached hydrogens (tertiary/aromatic N) is 3. The SMILES string of the molecule is O=C(NCc1cnn(-c2cccc(F)c2)c1)C1CCCN(Cc2ccco2)C1. The van der Waals surface area contributed by atoms with Crippen molar-refractivity contribution in [1.82, 2.24) is 20.0 Å². The van der Waals surface area contributed by atoms with Crippen LogP contribution in [0.25, 0.3) is 5.69 Å². The minimum Gasteiger partial charge on any atom is -0.468 e. The van der Waals surface area contributed by atoms with Crippen LogP contribution >= 0.6 is 0 Å². The van der Waals surface area contributed by atoms with Gasteiger partial charge in [-0.1, -0.05) is 6.07 Å². The third kappa shape index (κ3) is 4.48. The van der Waals surface area contributed by atoms with Crippen LogP contribution in [0.15, 0.2) is 59.5 Å². The lowest BCUT2D eigenvalue weighted by Gasteiger charge is -2.31. The van der Waals surface area contributed by atoms with Gasteiger partial charge in [0.15, 0.2) is 0 Å². The molecule has 1 unspecified atom stereocenters. The fourth-order valence-electron chi connectivity index (χ4n) is 3.58. The van der Waals surface area contributed by atoms with Crippen molar-refractivity contribution >= 4 is 5.91 Å². The zero-order valence-electron chi connectivity index (χ0n) is 15.6. The Morgan fingerprint density at radius 3 is 3.07 bits per heavy atom. The molecular weight excluding hydrogens is 359 g/mol. The molecule has 0 bridgehead atoms. The van der Waals surface area contributed by atoms with Gasteiger partial charge in [0, 0.05) is 24.8 Å². The number of likely N-dealkylation sites (tertiary alicyclic amines) is 1. The van der Waals surface area contributed by atoms with Gasteiger partial charge in [-0.15, -0.1) is 0 Å². The molecule has 1 saturated heterocycles. The second-order valence-electron chi connectivity index (χ2n) is 7.14. The van der Waals surface area contributed by atoms with Gasteiger partial charge in [-0.05, 0) is 49.7 Å². The Morgan fingerprint density at radius 1 is 1.32 bits per heavy atom. The number of rotatable bonds is 6. The number of aromatic nitrogens is 2. The molecule has 1 fully saturated rings. The zero-order valence-corrected chi connectivity index (χ0v) is 15.6. The van der Waals surface area contributed by atoms with Crippen LogP contribution in [-0.4, -0.2) is 33.7 Å². The van der Waals surface area contributed by atoms with Crippen LogP contribution < -0.4 is 5.32 Å². The van der Waals surface area contributed by atoms with E-state index in [1.54, 1.807) is 35.5 Å². The number of amides is 1. The molecule has 4 rings (SSSR count). The number of benzene rings is 1. The van der Waals surface area contributed by atoms with Crippen molar-refractivity contribution in [1.29, 1.82) is 0 Å². The zero-order chi connectivity index (χ0) is 19.3. The van der Waals surface area contributed by atoms with E-state index in [9.17, 15) is 9.18 Å². The highest BCUT2D eigenvalue weighted by Gasteiger charge is 2.26. The Hall–Kier alpha value is -2.93. The van der Waals surface area contributed by atoms with Gasteiger partial charge in [0.25, 0.3) is 0 Å². The summed E-state index contributed by atoms with van der Waals surface area (Å²) < 4.78 is 20.4. The Labute approximate surface area is 162 Å². The third-order valence-electron chi connectivity index (χ3n) is 5.01. The molecule has 0 saturated carbocycles. The number of hydrogen-bond acceptors (Lipinski definition) is 4. The number of nitrogens with one attached hydrogen (secondary N) is 1. The van der Waals surface area contributed by atoms with Crippen molar-refractivity contribution < 1.29 is 13.6 Å². The number of furan rings is 1. The first-order valence-corrected chi connectivity index (χ1v) is 9.49. The maximum atomic E-state index is 13.4. The molecule has 1 amide bonds. The van der Waals surface area contributed by atoms with Crippen LogP contribution in [0.1, 0.15) is 24.2 Å². The van der Waals surface area contributed by atoms with E-state index in [0.717, 1.165) is 43.8 Å². The summed E-state index contributed by atoms with van der Waals surface area (Å²) in [5.74, 6) is 0.648. The summed E-state index contributed by atoms with van der Waals surface area (Å²) in [6.45, 7) is 2.85. The first-order valence-electron chi connectivity index (χ1n) is 9.49. The van der Waals surface area contributed by atoms with Crippen LogP contribution in [0, 0.1) is 11.7 Å². The minimum atomic E-state index is -0.306. The molecule has 1 atom stereocenters. The molecule has 1 aliphatic rings. The summed E-state index contributed by atoms with van der Waals surface area (Å²) in [6.07, 6.45) is 7.06. The molecule has 1 aromatic carbocycles. The van der Waals surface area contributed by atoms with Crippen molar-refractivity contribution in [3.63, 3.8) is 0 Å². The maximum Gasteiger partial charge on any atom is 0.224 e. The van der Waals surface area contributed by atoms with E-state index in [1.807, 2.05) is 12.1 Å². The summed E-state index contributed by atoms with van der Waals surface area (Å²) in [6, 6.07) is 10.1. The first kappa shape index (κ1) is 18.4. The van der Waals surface area contributed by atoms with E-state index < -0.39 is 0 Å². The van der Waals surface area contributed by atoms with Crippen LogP contribution in [-0.2, 0) is 17.9 Å². The predicted molar refractivity (Wildman–Crippen MR) is 102 cm³/mol. The van der Waals surface area contributed by atoms with Crippen LogP contribution in [0.5, 0.6) is 0 Å². The van der Waals surface area contributed by atoms with Crippen molar-refractivity contribution in [3.05, 3.63) is 72.2 Å². The second kappa shape index (κ2) is 8.39. The molecule has 146 valence electrons. The summed E-state index contributed by atoms with van der Waals surface area (Å²) >= 11 is 0. The highest BCUT2D eigenvalue weighted by Crippen LogP contribution is 2.19. The molecular formula is C21H23FN4O2. The molecule has 2 aromatic heterocycles. The molecule has 1 N–H and O–H groups in total. The largest absolute Gasteiger partial charge is 0.468 e. The van der Waals surface area contributed by atoms with E-state index in [-0.39, 0.29) is 17.6 Å². The van der Waals surface area contributed by atoms with Gasteiger partial charge >= 0.3 is 0 Å². The normalized spacial score (nSPS) is 17.5. The van der Waals surface area contributed by atoms with E-state index >= 15 is 0 Å². The number of carbonyl (C=O) groups excluding carboxylic acids is 1. The molecule has 3 heterocycles. The maximum absolute atomic E-state index is 13.4. The van der Waals surface area contributed by atoms with Crippen LogP contribution in [0.2, 0.25) is 0 Å². The van der Waals surface area contributed by atoms with Crippen molar-refractivity contribution in [2.24, 2.45) is 5.92 Å². The van der Waals surface area contributed by atoms with Crippen LogP contribution in [0.4, 0.5) is 4.39 Å². The highest BCUT2D eigenvalue weighted by molar-refractivity contribution is 5.78. The molecule has 1 aliphatic heterocycles. The molecule has 7 heteroatoms. The van der Waals surface area contributed by atoms with Gasteiger partial charge in [0.05, 0.1) is 30.6 Å². The molecule has 6 nitrogen and oxygen atoms in total. The van der Waals surface area contributed by atoms with E-state index in [4.69, 9.17) is 4.42 Å². The number of hydrogen-bond donors (Lipinski definition) is 1. The van der Waals surface area contributed by atoms with Gasteiger partial charge in [-0.3, -0.25) is 9.69 Å². The van der Waals surface area contributed by atoms with Gasteiger partial charge in [0.2, 0.25) is 5.91 Å². The minimum absolute atomic E-state index is 0.0259. The topological polar surface area (TPSA) is 63.3 Å². The fraction of sp³-hybridized carbons (Fsp3) is 0.333. The van der Waals surface area contributed by atoms with Gasteiger partial charge in [0.1, 0.15) is 11.6 Å². The van der Waals surface area contributed by atoms with Crippen molar-refractivity contribution in [3.8, 4) is 5.69 Å². The number of piperidine rings is 1. The monoisotopic (exact) mass is 382 g/mol. The van der Waals surface area contributed by atoms with Gasteiger partial charge in [-0.25, -0.2) is 9.07 Å². The van der Waals surface area contributed by atoms with Crippen molar-refractivity contribution in [2.45, 2.75) is 25.9 Å². The standard InChI is InChI=1S/C21H23FN4O2/c22-18-5-1-6-19(10-18)26-13-16(12-24-26)11-23-21(27)17-4-2-8-25(14-17)15-20-7-3-9-28-20/h1,3,5-7,9-10,12-13,17H,2,4,8,11,14-15H2,(H,23,27). The van der Waals surface area contributed by atoms with E-state index in [1.165, 1.54) is 12.1 Å². The predicted octanol–water partition coefficient (Wildman–Crippen LogP) is 3.13. The molecule has 28 heavy (non-hydrogen) atoms.